The van der Waals surface area contributed by atoms with Crippen molar-refractivity contribution in [2.45, 2.75) is 13.0 Å². The van der Waals surface area contributed by atoms with Crippen molar-refractivity contribution in [2.24, 2.45) is 5.73 Å². The molecule has 0 radical (unpaired) electrons. The lowest BCUT2D eigenvalue weighted by Gasteiger charge is -2.15. The van der Waals surface area contributed by atoms with Crippen LogP contribution in [-0.2, 0) is 11.3 Å². The molecule has 0 bridgehead atoms. The van der Waals surface area contributed by atoms with E-state index in [-0.39, 0.29) is 5.91 Å². The Morgan fingerprint density at radius 1 is 1.64 bits per heavy atom. The summed E-state index contributed by atoms with van der Waals surface area (Å²) in [5, 5.41) is 0. The maximum atomic E-state index is 11.4. The summed E-state index contributed by atoms with van der Waals surface area (Å²) >= 11 is 5.03. The molecule has 1 aromatic rings. The highest BCUT2D eigenvalue weighted by atomic mass is 79.9. The summed E-state index contributed by atoms with van der Waals surface area (Å²) < 4.78 is 1.09. The van der Waals surface area contributed by atoms with Crippen LogP contribution < -0.4 is 5.73 Å². The van der Waals surface area contributed by atoms with Gasteiger partial charge in [0.15, 0.2) is 0 Å². The number of nitrogens with zero attached hydrogens (tertiary/aromatic N) is 1. The van der Waals surface area contributed by atoms with Crippen LogP contribution in [0.25, 0.3) is 0 Å². The molecule has 1 rings (SSSR count). The predicted octanol–water partition coefficient (Wildman–Crippen LogP) is 1.82. The average Bonchev–Trinajstić information content (AvgIpc) is 2.51. The molecule has 0 atom stereocenters. The monoisotopic (exact) mass is 276 g/mol. The first-order valence-corrected chi connectivity index (χ1v) is 5.92. The lowest BCUT2D eigenvalue weighted by atomic mass is 10.3. The van der Waals surface area contributed by atoms with Gasteiger partial charge >= 0.3 is 0 Å². The normalized spacial score (nSPS) is 10.2. The fourth-order valence-electron chi connectivity index (χ4n) is 1.07. The van der Waals surface area contributed by atoms with Gasteiger partial charge in [-0.15, -0.1) is 11.3 Å². The van der Waals surface area contributed by atoms with Crippen LogP contribution in [0.1, 0.15) is 11.3 Å². The maximum Gasteiger partial charge on any atom is 0.223 e. The molecule has 0 aliphatic carbocycles. The first kappa shape index (κ1) is 11.7. The van der Waals surface area contributed by atoms with Gasteiger partial charge in [-0.05, 0) is 28.1 Å². The summed E-state index contributed by atoms with van der Waals surface area (Å²) in [5.74, 6) is 0.0945. The van der Waals surface area contributed by atoms with E-state index < -0.39 is 0 Å². The van der Waals surface area contributed by atoms with Gasteiger partial charge in [0.05, 0.1) is 10.3 Å². The van der Waals surface area contributed by atoms with E-state index in [1.165, 1.54) is 4.88 Å². The van der Waals surface area contributed by atoms with Crippen molar-refractivity contribution >= 4 is 33.2 Å². The van der Waals surface area contributed by atoms with Gasteiger partial charge in [0, 0.05) is 24.9 Å². The van der Waals surface area contributed by atoms with E-state index in [4.69, 9.17) is 5.73 Å². The molecule has 0 saturated carbocycles. The van der Waals surface area contributed by atoms with Gasteiger partial charge < -0.3 is 10.6 Å². The largest absolute Gasteiger partial charge is 0.341 e. The number of hydrogen-bond acceptors (Lipinski definition) is 3. The second-order valence-electron chi connectivity index (χ2n) is 2.99. The Morgan fingerprint density at radius 3 is 2.86 bits per heavy atom. The third-order valence-corrected chi connectivity index (χ3v) is 3.41. The van der Waals surface area contributed by atoms with Crippen LogP contribution in [0, 0.1) is 0 Å². The zero-order chi connectivity index (χ0) is 10.6. The maximum absolute atomic E-state index is 11.4. The van der Waals surface area contributed by atoms with Crippen molar-refractivity contribution in [3.63, 3.8) is 0 Å². The van der Waals surface area contributed by atoms with Gasteiger partial charge in [0.1, 0.15) is 0 Å². The molecule has 0 saturated heterocycles. The van der Waals surface area contributed by atoms with Crippen LogP contribution in [0.15, 0.2) is 15.9 Å². The van der Waals surface area contributed by atoms with Gasteiger partial charge in [0.25, 0.3) is 0 Å². The highest BCUT2D eigenvalue weighted by Crippen LogP contribution is 2.22. The zero-order valence-electron chi connectivity index (χ0n) is 8.00. The smallest absolute Gasteiger partial charge is 0.223 e. The number of amides is 1. The van der Waals surface area contributed by atoms with Gasteiger partial charge in [-0.2, -0.15) is 0 Å². The quantitative estimate of drug-likeness (QED) is 0.912. The molecule has 0 aromatic carbocycles. The Balaban J connectivity index is 2.48. The minimum absolute atomic E-state index is 0.0945. The summed E-state index contributed by atoms with van der Waals surface area (Å²) in [4.78, 5) is 14.3. The summed E-state index contributed by atoms with van der Waals surface area (Å²) in [5.41, 5.74) is 5.31. The van der Waals surface area contributed by atoms with Gasteiger partial charge in [-0.25, -0.2) is 0 Å². The molecule has 3 nitrogen and oxygen atoms in total. The average molecular weight is 277 g/mol. The summed E-state index contributed by atoms with van der Waals surface area (Å²) in [6, 6.07) is 4.00. The second kappa shape index (κ2) is 5.48. The third kappa shape index (κ3) is 3.40. The molecular formula is C9H13BrN2OS. The molecule has 5 heteroatoms. The minimum atomic E-state index is 0.0945. The number of carbonyl (C=O) groups is 1. The number of halogens is 1. The fraction of sp³-hybridized carbons (Fsp3) is 0.444. The Hall–Kier alpha value is -0.390. The molecule has 0 aliphatic rings. The topological polar surface area (TPSA) is 46.3 Å². The molecular weight excluding hydrogens is 264 g/mol. The van der Waals surface area contributed by atoms with Crippen molar-refractivity contribution in [3.8, 4) is 0 Å². The summed E-state index contributed by atoms with van der Waals surface area (Å²) in [7, 11) is 1.80. The molecule has 1 aromatic heterocycles. The number of rotatable bonds is 4. The Labute approximate surface area is 96.0 Å². The number of thiophene rings is 1. The molecule has 0 spiro atoms. The summed E-state index contributed by atoms with van der Waals surface area (Å²) in [6.45, 7) is 1.08. The third-order valence-electron chi connectivity index (χ3n) is 1.81. The van der Waals surface area contributed by atoms with E-state index in [0.29, 0.717) is 19.5 Å². The molecule has 0 aliphatic heterocycles. The second-order valence-corrected chi connectivity index (χ2v) is 5.54. The van der Waals surface area contributed by atoms with Crippen LogP contribution >= 0.6 is 27.3 Å². The highest BCUT2D eigenvalue weighted by Gasteiger charge is 2.08. The van der Waals surface area contributed by atoms with Crippen molar-refractivity contribution in [1.82, 2.24) is 4.90 Å². The van der Waals surface area contributed by atoms with E-state index >= 15 is 0 Å². The predicted molar refractivity (Wildman–Crippen MR) is 62.2 cm³/mol. The van der Waals surface area contributed by atoms with Gasteiger partial charge in [-0.3, -0.25) is 4.79 Å². The van der Waals surface area contributed by atoms with E-state index in [1.807, 2.05) is 12.1 Å². The van der Waals surface area contributed by atoms with Crippen molar-refractivity contribution in [1.29, 1.82) is 0 Å². The van der Waals surface area contributed by atoms with Crippen molar-refractivity contribution in [3.05, 3.63) is 20.8 Å². The molecule has 1 heterocycles. The van der Waals surface area contributed by atoms with Crippen LogP contribution in [0.4, 0.5) is 0 Å². The number of nitrogens with two attached hydrogens (primary N) is 1. The fourth-order valence-corrected chi connectivity index (χ4v) is 2.61. The SMILES string of the molecule is CN(Cc1ccc(Br)s1)C(=O)CCN. The van der Waals surface area contributed by atoms with Gasteiger partial charge in [-0.1, -0.05) is 0 Å². The van der Waals surface area contributed by atoms with E-state index in [9.17, 15) is 4.79 Å². The Kier molecular flexibility index (Phi) is 4.57. The molecule has 2 N–H and O–H groups in total. The van der Waals surface area contributed by atoms with Crippen LogP contribution in [0.5, 0.6) is 0 Å². The number of hydrogen-bond donors (Lipinski definition) is 1. The van der Waals surface area contributed by atoms with Crippen LogP contribution in [-0.4, -0.2) is 24.4 Å². The first-order valence-electron chi connectivity index (χ1n) is 4.31. The molecule has 78 valence electrons. The lowest BCUT2D eigenvalue weighted by Crippen LogP contribution is -2.27. The first-order chi connectivity index (χ1) is 6.63. The zero-order valence-corrected chi connectivity index (χ0v) is 10.4. The molecule has 1 amide bonds. The molecule has 0 fully saturated rings. The Morgan fingerprint density at radius 2 is 2.36 bits per heavy atom. The molecule has 14 heavy (non-hydrogen) atoms. The van der Waals surface area contributed by atoms with Gasteiger partial charge in [0.2, 0.25) is 5.91 Å². The van der Waals surface area contributed by atoms with E-state index in [1.54, 1.807) is 23.3 Å². The summed E-state index contributed by atoms with van der Waals surface area (Å²) in [6.07, 6.45) is 0.420. The molecule has 0 unspecified atom stereocenters. The van der Waals surface area contributed by atoms with Crippen molar-refractivity contribution < 1.29 is 4.79 Å². The number of carbonyl (C=O) groups excluding carboxylic acids is 1. The lowest BCUT2D eigenvalue weighted by molar-refractivity contribution is -0.130. The minimum Gasteiger partial charge on any atom is -0.341 e. The Bertz CT molecular complexity index is 314. The standard InChI is InChI=1S/C9H13BrN2OS/c1-12(9(13)4-5-11)6-7-2-3-8(10)14-7/h2-3H,4-6,11H2,1H3. The van der Waals surface area contributed by atoms with E-state index in [2.05, 4.69) is 15.9 Å². The van der Waals surface area contributed by atoms with E-state index in [0.717, 1.165) is 3.79 Å². The van der Waals surface area contributed by atoms with Crippen LogP contribution in [0.2, 0.25) is 0 Å². The highest BCUT2D eigenvalue weighted by molar-refractivity contribution is 9.11. The van der Waals surface area contributed by atoms with Crippen molar-refractivity contribution in [2.75, 3.05) is 13.6 Å². The van der Waals surface area contributed by atoms with Crippen LogP contribution in [0.3, 0.4) is 0 Å².